The number of fused-ring (bicyclic) bond motifs is 1. The lowest BCUT2D eigenvalue weighted by Gasteiger charge is -2.14. The van der Waals surface area contributed by atoms with Crippen molar-refractivity contribution in [3.05, 3.63) is 17.0 Å². The summed E-state index contributed by atoms with van der Waals surface area (Å²) in [7, 11) is 0. The van der Waals surface area contributed by atoms with Gasteiger partial charge in [-0.1, -0.05) is 18.5 Å². The van der Waals surface area contributed by atoms with Crippen LogP contribution in [0.3, 0.4) is 0 Å². The van der Waals surface area contributed by atoms with E-state index in [4.69, 9.17) is 16.7 Å². The third-order valence-electron chi connectivity index (χ3n) is 2.53. The van der Waals surface area contributed by atoms with E-state index < -0.39 is 0 Å². The Balaban J connectivity index is 2.36. The van der Waals surface area contributed by atoms with Gasteiger partial charge in [0.1, 0.15) is 17.3 Å². The molecule has 0 fully saturated rings. The molecule has 0 aromatic carbocycles. The molecule has 7 heteroatoms. The molecular weight excluding hydrogens is 242 g/mol. The molecule has 92 valence electrons. The molecule has 0 bridgehead atoms. The molecule has 0 saturated heterocycles. The van der Waals surface area contributed by atoms with Gasteiger partial charge in [0, 0.05) is 18.7 Å². The average Bonchev–Trinajstić information content (AvgIpc) is 2.76. The fraction of sp³-hybridized carbons (Fsp3) is 0.500. The summed E-state index contributed by atoms with van der Waals surface area (Å²) >= 11 is 6.02. The maximum Gasteiger partial charge on any atom is 0.255 e. The van der Waals surface area contributed by atoms with E-state index in [9.17, 15) is 0 Å². The molecule has 2 aromatic heterocycles. The van der Waals surface area contributed by atoms with Crippen LogP contribution < -0.4 is 5.32 Å². The van der Waals surface area contributed by atoms with Gasteiger partial charge in [0.25, 0.3) is 5.78 Å². The monoisotopic (exact) mass is 255 g/mol. The van der Waals surface area contributed by atoms with Gasteiger partial charge in [0.15, 0.2) is 0 Å². The van der Waals surface area contributed by atoms with Gasteiger partial charge >= 0.3 is 0 Å². The number of aliphatic hydroxyl groups excluding tert-OH is 1. The van der Waals surface area contributed by atoms with Crippen LogP contribution in [0.2, 0.25) is 5.15 Å². The van der Waals surface area contributed by atoms with Crippen LogP contribution >= 0.6 is 11.6 Å². The minimum Gasteiger partial charge on any atom is -0.396 e. The lowest BCUT2D eigenvalue weighted by molar-refractivity contribution is 0.244. The van der Waals surface area contributed by atoms with Crippen LogP contribution in [0.4, 0.5) is 5.82 Å². The summed E-state index contributed by atoms with van der Waals surface area (Å²) in [5, 5.41) is 16.7. The van der Waals surface area contributed by atoms with Gasteiger partial charge < -0.3 is 10.4 Å². The van der Waals surface area contributed by atoms with Crippen LogP contribution in [0.1, 0.15) is 12.5 Å². The SMILES string of the molecule is Cc1c(Cl)nc2ncnn2c1NCC(C)CO. The predicted molar refractivity (Wildman–Crippen MR) is 65.3 cm³/mol. The average molecular weight is 256 g/mol. The van der Waals surface area contributed by atoms with E-state index in [1.165, 1.54) is 6.33 Å². The predicted octanol–water partition coefficient (Wildman–Crippen LogP) is 1.13. The lowest BCUT2D eigenvalue weighted by Crippen LogP contribution is -2.17. The molecule has 6 nitrogen and oxygen atoms in total. The van der Waals surface area contributed by atoms with Gasteiger partial charge in [-0.25, -0.2) is 0 Å². The topological polar surface area (TPSA) is 75.3 Å². The van der Waals surface area contributed by atoms with Crippen molar-refractivity contribution >= 4 is 23.2 Å². The maximum atomic E-state index is 9.00. The number of aromatic nitrogens is 4. The summed E-state index contributed by atoms with van der Waals surface area (Å²) in [5.74, 6) is 1.37. The second-order valence-electron chi connectivity index (χ2n) is 4.02. The van der Waals surface area contributed by atoms with Gasteiger partial charge in [-0.3, -0.25) is 0 Å². The van der Waals surface area contributed by atoms with Crippen molar-refractivity contribution in [2.75, 3.05) is 18.5 Å². The molecule has 1 unspecified atom stereocenters. The number of halogens is 1. The molecule has 2 rings (SSSR count). The molecule has 0 aliphatic rings. The van der Waals surface area contributed by atoms with Crippen molar-refractivity contribution in [1.29, 1.82) is 0 Å². The smallest absolute Gasteiger partial charge is 0.255 e. The Kier molecular flexibility index (Phi) is 3.44. The zero-order valence-electron chi connectivity index (χ0n) is 9.68. The van der Waals surface area contributed by atoms with Crippen LogP contribution in [0, 0.1) is 12.8 Å². The third kappa shape index (κ3) is 2.32. The highest BCUT2D eigenvalue weighted by Crippen LogP contribution is 2.22. The number of hydrogen-bond acceptors (Lipinski definition) is 5. The fourth-order valence-corrected chi connectivity index (χ4v) is 1.61. The molecule has 0 saturated carbocycles. The van der Waals surface area contributed by atoms with E-state index in [0.717, 1.165) is 11.4 Å². The van der Waals surface area contributed by atoms with E-state index in [2.05, 4.69) is 20.4 Å². The molecule has 0 aliphatic carbocycles. The highest BCUT2D eigenvalue weighted by atomic mass is 35.5. The zero-order valence-corrected chi connectivity index (χ0v) is 10.4. The van der Waals surface area contributed by atoms with Crippen LogP contribution in [0.5, 0.6) is 0 Å². The fourth-order valence-electron chi connectivity index (χ4n) is 1.44. The summed E-state index contributed by atoms with van der Waals surface area (Å²) in [4.78, 5) is 8.10. The van der Waals surface area contributed by atoms with Gasteiger partial charge in [-0.2, -0.15) is 19.6 Å². The molecular formula is C10H14ClN5O. The van der Waals surface area contributed by atoms with Crippen LogP contribution in [-0.4, -0.2) is 37.8 Å². The highest BCUT2D eigenvalue weighted by molar-refractivity contribution is 6.30. The first-order chi connectivity index (χ1) is 8.13. The van der Waals surface area contributed by atoms with E-state index in [-0.39, 0.29) is 12.5 Å². The van der Waals surface area contributed by atoms with Crippen molar-refractivity contribution in [2.24, 2.45) is 5.92 Å². The van der Waals surface area contributed by atoms with E-state index in [1.807, 2.05) is 13.8 Å². The highest BCUT2D eigenvalue weighted by Gasteiger charge is 2.12. The van der Waals surface area contributed by atoms with Gasteiger partial charge in [-0.15, -0.1) is 0 Å². The van der Waals surface area contributed by atoms with Crippen molar-refractivity contribution in [3.8, 4) is 0 Å². The number of nitrogens with one attached hydrogen (secondary N) is 1. The number of hydrogen-bond donors (Lipinski definition) is 2. The molecule has 0 amide bonds. The molecule has 17 heavy (non-hydrogen) atoms. The van der Waals surface area contributed by atoms with Crippen molar-refractivity contribution in [3.63, 3.8) is 0 Å². The first-order valence-electron chi connectivity index (χ1n) is 5.34. The molecule has 2 aromatic rings. The Labute approximate surface area is 104 Å². The summed E-state index contributed by atoms with van der Waals surface area (Å²) in [5.41, 5.74) is 0.815. The normalized spacial score (nSPS) is 12.9. The van der Waals surface area contributed by atoms with Crippen molar-refractivity contribution < 1.29 is 5.11 Å². The molecule has 2 N–H and O–H groups in total. The summed E-state index contributed by atoms with van der Waals surface area (Å²) in [6, 6.07) is 0. The number of aliphatic hydroxyl groups is 1. The second kappa shape index (κ2) is 4.85. The van der Waals surface area contributed by atoms with E-state index in [0.29, 0.717) is 17.5 Å². The van der Waals surface area contributed by atoms with Crippen LogP contribution in [0.15, 0.2) is 6.33 Å². The Morgan fingerprint density at radius 1 is 1.59 bits per heavy atom. The van der Waals surface area contributed by atoms with Crippen LogP contribution in [-0.2, 0) is 0 Å². The molecule has 0 aliphatic heterocycles. The Hall–Kier alpha value is -1.40. The standard InChI is InChI=1S/C10H14ClN5O/c1-6(4-17)3-12-9-7(2)8(11)15-10-13-5-14-16(9)10/h5-6,12,17H,3-4H2,1-2H3. The third-order valence-corrected chi connectivity index (χ3v) is 2.90. The largest absolute Gasteiger partial charge is 0.396 e. The summed E-state index contributed by atoms with van der Waals surface area (Å²) in [6.07, 6.45) is 1.43. The molecule has 0 spiro atoms. The quantitative estimate of drug-likeness (QED) is 0.801. The van der Waals surface area contributed by atoms with Crippen LogP contribution in [0.25, 0.3) is 5.78 Å². The van der Waals surface area contributed by atoms with Gasteiger partial charge in [-0.05, 0) is 12.8 Å². The number of anilines is 1. The number of rotatable bonds is 4. The van der Waals surface area contributed by atoms with E-state index in [1.54, 1.807) is 4.52 Å². The minimum absolute atomic E-state index is 0.130. The van der Waals surface area contributed by atoms with Crippen molar-refractivity contribution in [1.82, 2.24) is 19.6 Å². The van der Waals surface area contributed by atoms with Gasteiger partial charge in [0.2, 0.25) is 0 Å². The number of nitrogens with zero attached hydrogens (tertiary/aromatic N) is 4. The molecule has 0 radical (unpaired) electrons. The Morgan fingerprint density at radius 3 is 3.06 bits per heavy atom. The molecule has 1 atom stereocenters. The first kappa shape index (κ1) is 12.1. The lowest BCUT2D eigenvalue weighted by atomic mass is 10.2. The molecule has 2 heterocycles. The summed E-state index contributed by atoms with van der Waals surface area (Å²) in [6.45, 7) is 4.57. The second-order valence-corrected chi connectivity index (χ2v) is 4.37. The van der Waals surface area contributed by atoms with E-state index >= 15 is 0 Å². The summed E-state index contributed by atoms with van der Waals surface area (Å²) < 4.78 is 1.60. The Bertz CT molecular complexity index is 527. The van der Waals surface area contributed by atoms with Crippen molar-refractivity contribution in [2.45, 2.75) is 13.8 Å². The Morgan fingerprint density at radius 2 is 2.35 bits per heavy atom. The zero-order chi connectivity index (χ0) is 12.4. The van der Waals surface area contributed by atoms with Gasteiger partial charge in [0.05, 0.1) is 0 Å². The first-order valence-corrected chi connectivity index (χ1v) is 5.72. The maximum absolute atomic E-state index is 9.00. The minimum atomic E-state index is 0.130.